The average Bonchev–Trinajstić information content (AvgIpc) is 2.18. The molecular formula is C10H18F3NO2S. The van der Waals surface area contributed by atoms with Crippen LogP contribution in [0.5, 0.6) is 0 Å². The molecule has 0 bridgehead atoms. The van der Waals surface area contributed by atoms with E-state index in [1.165, 1.54) is 0 Å². The zero-order valence-corrected chi connectivity index (χ0v) is 10.5. The fourth-order valence-corrected chi connectivity index (χ4v) is 1.70. The van der Waals surface area contributed by atoms with Gasteiger partial charge in [0.1, 0.15) is 0 Å². The van der Waals surface area contributed by atoms with E-state index in [4.69, 9.17) is 5.11 Å². The molecule has 1 atom stereocenters. The maximum absolute atomic E-state index is 11.7. The van der Waals surface area contributed by atoms with Crippen molar-refractivity contribution in [3.8, 4) is 0 Å². The van der Waals surface area contributed by atoms with Crippen molar-refractivity contribution in [2.45, 2.75) is 31.7 Å². The molecule has 0 saturated heterocycles. The Bertz CT molecular complexity index is 224. The molecule has 0 saturated carbocycles. The fraction of sp³-hybridized carbons (Fsp3) is 0.900. The third-order valence-corrected chi connectivity index (χ3v) is 2.95. The summed E-state index contributed by atoms with van der Waals surface area (Å²) in [6, 6.07) is 0. The molecule has 102 valence electrons. The van der Waals surface area contributed by atoms with Crippen LogP contribution in [-0.4, -0.2) is 35.4 Å². The molecule has 0 amide bonds. The van der Waals surface area contributed by atoms with Crippen LogP contribution in [0.2, 0.25) is 0 Å². The van der Waals surface area contributed by atoms with E-state index in [0.29, 0.717) is 19.5 Å². The summed E-state index contributed by atoms with van der Waals surface area (Å²) in [6.07, 6.45) is 1.53. The molecule has 0 radical (unpaired) electrons. The van der Waals surface area contributed by atoms with Crippen molar-refractivity contribution < 1.29 is 23.1 Å². The van der Waals surface area contributed by atoms with E-state index >= 15 is 0 Å². The Morgan fingerprint density at radius 2 is 2.00 bits per heavy atom. The predicted molar refractivity (Wildman–Crippen MR) is 62.0 cm³/mol. The number of aliphatic carboxylic acids is 1. The van der Waals surface area contributed by atoms with Crippen LogP contribution in [0.25, 0.3) is 0 Å². The van der Waals surface area contributed by atoms with Crippen molar-refractivity contribution in [2.24, 2.45) is 5.92 Å². The summed E-state index contributed by atoms with van der Waals surface area (Å²) in [5.41, 5.74) is -4.16. The van der Waals surface area contributed by atoms with Crippen LogP contribution < -0.4 is 5.32 Å². The largest absolute Gasteiger partial charge is 0.481 e. The quantitative estimate of drug-likeness (QED) is 0.634. The second-order valence-corrected chi connectivity index (χ2v) is 5.03. The van der Waals surface area contributed by atoms with Crippen molar-refractivity contribution in [1.29, 1.82) is 0 Å². The Kier molecular flexibility index (Phi) is 8.41. The lowest BCUT2D eigenvalue weighted by atomic mass is 10.0. The molecule has 0 spiro atoms. The highest BCUT2D eigenvalue weighted by molar-refractivity contribution is 8.00. The van der Waals surface area contributed by atoms with Crippen LogP contribution in [-0.2, 0) is 4.79 Å². The standard InChI is InChI=1S/C10H18F3NO2S/c1-8(2-3-9(15)16)4-5-14-6-7-17-10(11,12)13/h8,14H,2-7H2,1H3,(H,15,16). The molecule has 17 heavy (non-hydrogen) atoms. The second kappa shape index (κ2) is 8.63. The van der Waals surface area contributed by atoms with Crippen molar-refractivity contribution >= 4 is 17.7 Å². The highest BCUT2D eigenvalue weighted by Crippen LogP contribution is 2.29. The lowest BCUT2D eigenvalue weighted by Crippen LogP contribution is -2.21. The van der Waals surface area contributed by atoms with E-state index < -0.39 is 11.5 Å². The van der Waals surface area contributed by atoms with Crippen LogP contribution in [0.4, 0.5) is 13.2 Å². The van der Waals surface area contributed by atoms with Gasteiger partial charge in [0.05, 0.1) is 0 Å². The minimum atomic E-state index is -4.16. The van der Waals surface area contributed by atoms with Crippen LogP contribution in [0.1, 0.15) is 26.2 Å². The maximum atomic E-state index is 11.7. The summed E-state index contributed by atoms with van der Waals surface area (Å²) in [5, 5.41) is 11.4. The van der Waals surface area contributed by atoms with Gasteiger partial charge >= 0.3 is 11.5 Å². The molecule has 1 unspecified atom stereocenters. The van der Waals surface area contributed by atoms with E-state index in [1.54, 1.807) is 0 Å². The number of halogens is 3. The summed E-state index contributed by atoms with van der Waals surface area (Å²) in [5.74, 6) is -0.534. The van der Waals surface area contributed by atoms with Gasteiger partial charge in [-0.05, 0) is 37.1 Å². The molecular weight excluding hydrogens is 255 g/mol. The third kappa shape index (κ3) is 13.5. The van der Waals surface area contributed by atoms with Crippen molar-refractivity contribution in [3.05, 3.63) is 0 Å². The third-order valence-electron chi connectivity index (χ3n) is 2.21. The first-order chi connectivity index (χ1) is 7.81. The van der Waals surface area contributed by atoms with Crippen molar-refractivity contribution in [3.63, 3.8) is 0 Å². The Morgan fingerprint density at radius 3 is 2.53 bits per heavy atom. The van der Waals surface area contributed by atoms with Gasteiger partial charge in [0.25, 0.3) is 0 Å². The van der Waals surface area contributed by atoms with Gasteiger partial charge in [0, 0.05) is 18.7 Å². The Labute approximate surface area is 103 Å². The molecule has 0 aliphatic heterocycles. The van der Waals surface area contributed by atoms with Gasteiger partial charge in [0.2, 0.25) is 0 Å². The molecule has 0 rings (SSSR count). The molecule has 0 fully saturated rings. The van der Waals surface area contributed by atoms with E-state index in [9.17, 15) is 18.0 Å². The average molecular weight is 273 g/mol. The number of carboxylic acid groups (broad SMARTS) is 1. The number of carbonyl (C=O) groups is 1. The molecule has 7 heteroatoms. The smallest absolute Gasteiger partial charge is 0.441 e. The van der Waals surface area contributed by atoms with Crippen molar-refractivity contribution in [2.75, 3.05) is 18.8 Å². The highest BCUT2D eigenvalue weighted by atomic mass is 32.2. The Hall–Kier alpha value is -0.430. The Balaban J connectivity index is 3.30. The molecule has 0 aromatic carbocycles. The minimum absolute atomic E-state index is 0.00695. The maximum Gasteiger partial charge on any atom is 0.441 e. The monoisotopic (exact) mass is 273 g/mol. The first-order valence-electron chi connectivity index (χ1n) is 5.44. The molecule has 2 N–H and O–H groups in total. The first kappa shape index (κ1) is 16.6. The second-order valence-electron chi connectivity index (χ2n) is 3.87. The van der Waals surface area contributed by atoms with Crippen LogP contribution in [0.15, 0.2) is 0 Å². The normalized spacial score (nSPS) is 13.6. The van der Waals surface area contributed by atoms with Crippen molar-refractivity contribution in [1.82, 2.24) is 5.32 Å². The number of thioether (sulfide) groups is 1. The van der Waals surface area contributed by atoms with Crippen LogP contribution in [0, 0.1) is 5.92 Å². The van der Waals surface area contributed by atoms with Gasteiger partial charge in [-0.2, -0.15) is 13.2 Å². The summed E-state index contributed by atoms with van der Waals surface area (Å²) < 4.78 is 35.2. The number of hydrogen-bond donors (Lipinski definition) is 2. The van der Waals surface area contributed by atoms with E-state index in [0.717, 1.165) is 6.42 Å². The molecule has 0 heterocycles. The predicted octanol–water partition coefficient (Wildman–Crippen LogP) is 2.72. The van der Waals surface area contributed by atoms with Gasteiger partial charge in [-0.25, -0.2) is 0 Å². The molecule has 0 aromatic heterocycles. The highest BCUT2D eigenvalue weighted by Gasteiger charge is 2.27. The van der Waals surface area contributed by atoms with Gasteiger partial charge in [-0.3, -0.25) is 4.79 Å². The first-order valence-corrected chi connectivity index (χ1v) is 6.43. The number of hydrogen-bond acceptors (Lipinski definition) is 3. The molecule has 0 aromatic rings. The number of carboxylic acids is 1. The summed E-state index contributed by atoms with van der Waals surface area (Å²) in [7, 11) is 0. The SMILES string of the molecule is CC(CCNCCSC(F)(F)F)CCC(=O)O. The van der Waals surface area contributed by atoms with Gasteiger partial charge in [-0.1, -0.05) is 6.92 Å². The minimum Gasteiger partial charge on any atom is -0.481 e. The molecule has 0 aliphatic carbocycles. The Morgan fingerprint density at radius 1 is 1.35 bits per heavy atom. The zero-order valence-electron chi connectivity index (χ0n) is 9.72. The van der Waals surface area contributed by atoms with Gasteiger partial charge in [-0.15, -0.1) is 0 Å². The molecule has 0 aliphatic rings. The van der Waals surface area contributed by atoms with E-state index in [1.807, 2.05) is 6.92 Å². The summed E-state index contributed by atoms with van der Waals surface area (Å²) >= 11 is -0.0336. The number of nitrogens with one attached hydrogen (secondary N) is 1. The van der Waals surface area contributed by atoms with Gasteiger partial charge in [0.15, 0.2) is 0 Å². The zero-order chi connectivity index (χ0) is 13.3. The van der Waals surface area contributed by atoms with Crippen LogP contribution >= 0.6 is 11.8 Å². The van der Waals surface area contributed by atoms with E-state index in [2.05, 4.69) is 5.32 Å². The topological polar surface area (TPSA) is 49.3 Å². The summed E-state index contributed by atoms with van der Waals surface area (Å²) in [6.45, 7) is 2.88. The van der Waals surface area contributed by atoms with E-state index in [-0.39, 0.29) is 29.9 Å². The number of rotatable bonds is 9. The number of alkyl halides is 3. The summed E-state index contributed by atoms with van der Waals surface area (Å²) in [4.78, 5) is 10.3. The molecule has 3 nitrogen and oxygen atoms in total. The fourth-order valence-electron chi connectivity index (χ4n) is 1.23. The lowest BCUT2D eigenvalue weighted by molar-refractivity contribution is -0.137. The lowest BCUT2D eigenvalue weighted by Gasteiger charge is -2.11. The van der Waals surface area contributed by atoms with Gasteiger partial charge < -0.3 is 10.4 Å². The van der Waals surface area contributed by atoms with Crippen LogP contribution in [0.3, 0.4) is 0 Å².